The Morgan fingerprint density at radius 2 is 1.78 bits per heavy atom. The maximum Gasteiger partial charge on any atom is 0.263 e. The third-order valence-electron chi connectivity index (χ3n) is 4.98. The molecule has 9 heteroatoms. The smallest absolute Gasteiger partial charge is 0.263 e. The number of imide groups is 1. The fraction of sp³-hybridized carbons (Fsp3) is 0.389. The van der Waals surface area contributed by atoms with Gasteiger partial charge in [0.05, 0.1) is 40.4 Å². The van der Waals surface area contributed by atoms with E-state index in [1.165, 1.54) is 16.4 Å². The molecule has 1 aromatic carbocycles. The molecule has 0 unspecified atom stereocenters. The maximum atomic E-state index is 13.0. The Morgan fingerprint density at radius 3 is 2.44 bits per heavy atom. The number of fused-ring (bicyclic) bond motifs is 3. The van der Waals surface area contributed by atoms with Crippen molar-refractivity contribution >= 4 is 32.7 Å². The molecule has 2 aliphatic heterocycles. The van der Waals surface area contributed by atoms with E-state index in [1.807, 2.05) is 0 Å². The van der Waals surface area contributed by atoms with Crippen molar-refractivity contribution in [1.82, 2.24) is 14.2 Å². The number of rotatable bonds is 3. The molecule has 1 aromatic heterocycles. The summed E-state index contributed by atoms with van der Waals surface area (Å²) in [6.07, 6.45) is 0. The molecule has 0 saturated carbocycles. The van der Waals surface area contributed by atoms with Gasteiger partial charge in [-0.25, -0.2) is 8.42 Å². The first-order chi connectivity index (χ1) is 12.9. The van der Waals surface area contributed by atoms with Crippen LogP contribution in [0.4, 0.5) is 0 Å². The fourth-order valence-electron chi connectivity index (χ4n) is 3.59. The number of carbonyl (C=O) groups is 2. The van der Waals surface area contributed by atoms with Crippen LogP contribution in [0.3, 0.4) is 0 Å². The van der Waals surface area contributed by atoms with Crippen molar-refractivity contribution in [3.05, 3.63) is 35.0 Å². The maximum absolute atomic E-state index is 13.0. The Labute approximate surface area is 156 Å². The SMILES string of the molecule is CCN1C(=O)c2c(C)nc3ccc(S(=O)(=O)N4CCOCC4)cc3c2C1=O. The topological polar surface area (TPSA) is 96.9 Å². The Morgan fingerprint density at radius 1 is 1.11 bits per heavy atom. The lowest BCUT2D eigenvalue weighted by molar-refractivity contribution is 0.0663. The lowest BCUT2D eigenvalue weighted by Gasteiger charge is -2.26. The third-order valence-corrected chi connectivity index (χ3v) is 6.87. The highest BCUT2D eigenvalue weighted by molar-refractivity contribution is 7.89. The molecule has 2 aliphatic rings. The van der Waals surface area contributed by atoms with Crippen LogP contribution >= 0.6 is 0 Å². The van der Waals surface area contributed by atoms with Crippen molar-refractivity contribution in [2.45, 2.75) is 18.7 Å². The molecule has 1 saturated heterocycles. The Kier molecular flexibility index (Phi) is 4.25. The van der Waals surface area contributed by atoms with Crippen LogP contribution in [0.15, 0.2) is 23.1 Å². The first kappa shape index (κ1) is 18.0. The number of amides is 2. The first-order valence-electron chi connectivity index (χ1n) is 8.74. The second kappa shape index (κ2) is 6.36. The van der Waals surface area contributed by atoms with Crippen molar-refractivity contribution in [1.29, 1.82) is 0 Å². The van der Waals surface area contributed by atoms with Gasteiger partial charge in [0.1, 0.15) is 0 Å². The number of morpholine rings is 1. The number of pyridine rings is 1. The molecule has 0 spiro atoms. The molecule has 142 valence electrons. The lowest BCUT2D eigenvalue weighted by atomic mass is 10.0. The number of aryl methyl sites for hydroxylation is 1. The van der Waals surface area contributed by atoms with Crippen LogP contribution in [-0.4, -0.2) is 67.3 Å². The normalized spacial score (nSPS) is 18.4. The molecular formula is C18H19N3O5S. The number of aromatic nitrogens is 1. The quantitative estimate of drug-likeness (QED) is 0.732. The minimum Gasteiger partial charge on any atom is -0.379 e. The van der Waals surface area contributed by atoms with E-state index in [2.05, 4.69) is 4.98 Å². The number of hydrogen-bond donors (Lipinski definition) is 0. The van der Waals surface area contributed by atoms with E-state index in [0.717, 1.165) is 4.90 Å². The number of nitrogens with zero attached hydrogens (tertiary/aromatic N) is 3. The monoisotopic (exact) mass is 389 g/mol. The molecule has 3 heterocycles. The first-order valence-corrected chi connectivity index (χ1v) is 10.2. The molecule has 0 N–H and O–H groups in total. The zero-order valence-corrected chi connectivity index (χ0v) is 15.9. The van der Waals surface area contributed by atoms with Crippen molar-refractivity contribution < 1.29 is 22.7 Å². The van der Waals surface area contributed by atoms with Gasteiger partial charge in [-0.2, -0.15) is 4.31 Å². The minimum atomic E-state index is -3.72. The highest BCUT2D eigenvalue weighted by atomic mass is 32.2. The van der Waals surface area contributed by atoms with Crippen LogP contribution in [-0.2, 0) is 14.8 Å². The molecule has 4 rings (SSSR count). The van der Waals surface area contributed by atoms with Crippen LogP contribution < -0.4 is 0 Å². The summed E-state index contributed by atoms with van der Waals surface area (Å²) in [5.41, 5.74) is 1.46. The van der Waals surface area contributed by atoms with Gasteiger partial charge in [0.15, 0.2) is 0 Å². The molecule has 2 amide bonds. The number of benzene rings is 1. The summed E-state index contributed by atoms with van der Waals surface area (Å²) in [5.74, 6) is -0.792. The van der Waals surface area contributed by atoms with E-state index in [0.29, 0.717) is 29.8 Å². The van der Waals surface area contributed by atoms with Gasteiger partial charge in [-0.3, -0.25) is 19.5 Å². The number of hydrogen-bond acceptors (Lipinski definition) is 6. The average molecular weight is 389 g/mol. The highest BCUT2D eigenvalue weighted by Crippen LogP contribution is 2.33. The molecule has 0 radical (unpaired) electrons. The van der Waals surface area contributed by atoms with Gasteiger partial charge in [0.2, 0.25) is 10.0 Å². The van der Waals surface area contributed by atoms with Crippen molar-refractivity contribution in [2.75, 3.05) is 32.8 Å². The summed E-state index contributed by atoms with van der Waals surface area (Å²) < 4.78 is 32.5. The predicted molar refractivity (Wildman–Crippen MR) is 97.1 cm³/mol. The van der Waals surface area contributed by atoms with E-state index >= 15 is 0 Å². The number of carbonyl (C=O) groups excluding carboxylic acids is 2. The summed E-state index contributed by atoms with van der Waals surface area (Å²) >= 11 is 0. The van der Waals surface area contributed by atoms with Crippen molar-refractivity contribution in [3.8, 4) is 0 Å². The summed E-state index contributed by atoms with van der Waals surface area (Å²) in [4.78, 5) is 31.0. The standard InChI is InChI=1S/C18H19N3O5S/c1-3-21-17(22)15-11(2)19-14-5-4-12(10-13(14)16(15)18(21)23)27(24,25)20-6-8-26-9-7-20/h4-5,10H,3,6-9H2,1-2H3. The van der Waals surface area contributed by atoms with Gasteiger partial charge in [-0.15, -0.1) is 0 Å². The van der Waals surface area contributed by atoms with E-state index in [1.54, 1.807) is 19.9 Å². The van der Waals surface area contributed by atoms with E-state index < -0.39 is 15.9 Å². The zero-order chi connectivity index (χ0) is 19.3. The largest absolute Gasteiger partial charge is 0.379 e. The molecule has 0 aliphatic carbocycles. The summed E-state index contributed by atoms with van der Waals surface area (Å²) in [5, 5.41) is 0.388. The van der Waals surface area contributed by atoms with Crippen LogP contribution in [0.25, 0.3) is 10.9 Å². The molecule has 0 bridgehead atoms. The molecular weight excluding hydrogens is 370 g/mol. The second-order valence-electron chi connectivity index (χ2n) is 6.50. The van der Waals surface area contributed by atoms with Crippen LogP contribution in [0, 0.1) is 6.92 Å². The van der Waals surface area contributed by atoms with Gasteiger partial charge in [-0.1, -0.05) is 0 Å². The summed E-state index contributed by atoms with van der Waals surface area (Å²) in [6, 6.07) is 4.53. The number of ether oxygens (including phenoxy) is 1. The van der Waals surface area contributed by atoms with Crippen molar-refractivity contribution in [2.24, 2.45) is 0 Å². The molecule has 1 fully saturated rings. The summed E-state index contributed by atoms with van der Waals surface area (Å²) in [7, 11) is -3.72. The average Bonchev–Trinajstić information content (AvgIpc) is 2.93. The Balaban J connectivity index is 1.91. The van der Waals surface area contributed by atoms with Crippen LogP contribution in [0.5, 0.6) is 0 Å². The molecule has 0 atom stereocenters. The Bertz CT molecular complexity index is 1070. The highest BCUT2D eigenvalue weighted by Gasteiger charge is 2.38. The fourth-order valence-corrected chi connectivity index (χ4v) is 5.03. The van der Waals surface area contributed by atoms with Gasteiger partial charge in [0.25, 0.3) is 11.8 Å². The summed E-state index contributed by atoms with van der Waals surface area (Å²) in [6.45, 7) is 4.92. The van der Waals surface area contributed by atoms with Crippen LogP contribution in [0.2, 0.25) is 0 Å². The lowest BCUT2D eigenvalue weighted by Crippen LogP contribution is -2.40. The van der Waals surface area contributed by atoms with E-state index in [4.69, 9.17) is 4.74 Å². The van der Waals surface area contributed by atoms with E-state index in [9.17, 15) is 18.0 Å². The molecule has 8 nitrogen and oxygen atoms in total. The zero-order valence-electron chi connectivity index (χ0n) is 15.1. The van der Waals surface area contributed by atoms with Gasteiger partial charge >= 0.3 is 0 Å². The minimum absolute atomic E-state index is 0.0833. The van der Waals surface area contributed by atoms with Gasteiger partial charge in [0, 0.05) is 25.0 Å². The van der Waals surface area contributed by atoms with E-state index in [-0.39, 0.29) is 41.6 Å². The van der Waals surface area contributed by atoms with Gasteiger partial charge in [-0.05, 0) is 32.0 Å². The van der Waals surface area contributed by atoms with Crippen molar-refractivity contribution in [3.63, 3.8) is 0 Å². The number of sulfonamides is 1. The van der Waals surface area contributed by atoms with Crippen LogP contribution in [0.1, 0.15) is 33.3 Å². The third kappa shape index (κ3) is 2.65. The Hall–Kier alpha value is -2.36. The van der Waals surface area contributed by atoms with Gasteiger partial charge < -0.3 is 4.74 Å². The molecule has 2 aromatic rings. The molecule has 27 heavy (non-hydrogen) atoms. The predicted octanol–water partition coefficient (Wildman–Crippen LogP) is 1.18. The second-order valence-corrected chi connectivity index (χ2v) is 8.44.